The topological polar surface area (TPSA) is 101 Å². The highest BCUT2D eigenvalue weighted by Crippen LogP contribution is 2.38. The normalized spacial score (nSPS) is 20.0. The molecule has 2 aromatic rings. The predicted octanol–water partition coefficient (Wildman–Crippen LogP) is 6.32. The zero-order valence-electron chi connectivity index (χ0n) is 22.2. The molecule has 4 rings (SSSR count). The van der Waals surface area contributed by atoms with Gasteiger partial charge < -0.3 is 20.3 Å². The van der Waals surface area contributed by atoms with Crippen molar-refractivity contribution in [2.75, 3.05) is 30.3 Å². The van der Waals surface area contributed by atoms with Crippen LogP contribution in [0.2, 0.25) is 0 Å². The molecule has 1 saturated carbocycles. The molecule has 2 fully saturated rings. The van der Waals surface area contributed by atoms with Gasteiger partial charge in [0.25, 0.3) is 5.69 Å². The lowest BCUT2D eigenvalue weighted by Crippen LogP contribution is -2.44. The summed E-state index contributed by atoms with van der Waals surface area (Å²) in [6.07, 6.45) is -0.714. The minimum atomic E-state index is -4.82. The number of aryl methyl sites for hydroxylation is 1. The number of likely N-dealkylation sites (tertiary alicyclic amines) is 1. The number of nitrogens with one attached hydrogen (secondary N) is 2. The molecule has 9 nitrogen and oxygen atoms in total. The van der Waals surface area contributed by atoms with Crippen molar-refractivity contribution >= 4 is 28.7 Å². The number of nitro groups is 1. The van der Waals surface area contributed by atoms with Gasteiger partial charge in [-0.25, -0.2) is 4.85 Å². The predicted molar refractivity (Wildman–Crippen MR) is 144 cm³/mol. The van der Waals surface area contributed by atoms with Crippen LogP contribution in [0.5, 0.6) is 0 Å². The average Bonchev–Trinajstić information content (AvgIpc) is 2.92. The van der Waals surface area contributed by atoms with Gasteiger partial charge in [0.15, 0.2) is 5.69 Å². The van der Waals surface area contributed by atoms with Gasteiger partial charge >= 0.3 is 6.18 Å². The zero-order chi connectivity index (χ0) is 28.9. The van der Waals surface area contributed by atoms with Crippen LogP contribution in [0, 0.1) is 23.6 Å². The smallest absolute Gasteiger partial charge is 0.382 e. The van der Waals surface area contributed by atoms with E-state index in [2.05, 4.69) is 15.5 Å². The van der Waals surface area contributed by atoms with Crippen molar-refractivity contribution in [3.63, 3.8) is 0 Å². The number of nitrogens with zero attached hydrogens (tertiary/aromatic N) is 3. The van der Waals surface area contributed by atoms with Crippen molar-refractivity contribution in [2.24, 2.45) is 0 Å². The van der Waals surface area contributed by atoms with Crippen molar-refractivity contribution < 1.29 is 27.6 Å². The number of carbonyl (C=O) groups is 1. The van der Waals surface area contributed by atoms with E-state index in [9.17, 15) is 28.1 Å². The van der Waals surface area contributed by atoms with Crippen LogP contribution in [0.1, 0.15) is 49.7 Å². The molecule has 0 spiro atoms. The minimum Gasteiger partial charge on any atom is -0.382 e. The highest BCUT2D eigenvalue weighted by Gasteiger charge is 2.38. The fraction of sp³-hybridized carbons (Fsp3) is 0.500. The Hall–Kier alpha value is -3.85. The molecule has 0 atom stereocenters. The number of hydrogen-bond donors (Lipinski definition) is 2. The molecular formula is C28H32F3N5O4. The third-order valence-electron chi connectivity index (χ3n) is 7.52. The van der Waals surface area contributed by atoms with Crippen molar-refractivity contribution in [2.45, 2.75) is 69.8 Å². The molecule has 1 amide bonds. The Morgan fingerprint density at radius 1 is 1.05 bits per heavy atom. The van der Waals surface area contributed by atoms with Crippen LogP contribution in [-0.4, -0.2) is 53.6 Å². The van der Waals surface area contributed by atoms with Gasteiger partial charge in [-0.15, -0.1) is 0 Å². The van der Waals surface area contributed by atoms with E-state index < -0.39 is 22.4 Å². The zero-order valence-corrected chi connectivity index (χ0v) is 22.2. The van der Waals surface area contributed by atoms with Crippen LogP contribution in [0.25, 0.3) is 4.85 Å². The standard InChI is InChI=1S/C28H32F3N5O4/c1-18-15-21(5-9-25(18)32-2)34-20-11-13-35(14-12-20)27(37)17-40-23-7-3-19(4-8-23)33-22-6-10-26(36(38)39)24(16-22)28(29,30)31/h5-6,9-10,15-16,19-20,23,33-34H,3-4,7-8,11-14,17H2,1H3. The number of piperidine rings is 1. The number of anilines is 2. The van der Waals surface area contributed by atoms with Crippen molar-refractivity contribution in [3.05, 3.63) is 69.1 Å². The Kier molecular flexibility index (Phi) is 9.14. The monoisotopic (exact) mass is 559 g/mol. The largest absolute Gasteiger partial charge is 0.423 e. The number of carbonyl (C=O) groups excluding carboxylic acids is 1. The summed E-state index contributed by atoms with van der Waals surface area (Å²) < 4.78 is 45.6. The lowest BCUT2D eigenvalue weighted by atomic mass is 9.92. The number of halogens is 3. The number of hydrogen-bond acceptors (Lipinski definition) is 6. The van der Waals surface area contributed by atoms with Crippen LogP contribution in [0.15, 0.2) is 36.4 Å². The quantitative estimate of drug-likeness (QED) is 0.223. The first-order valence-corrected chi connectivity index (χ1v) is 13.3. The van der Waals surface area contributed by atoms with Crippen molar-refractivity contribution in [1.29, 1.82) is 0 Å². The van der Waals surface area contributed by atoms with E-state index in [0.717, 1.165) is 36.2 Å². The molecule has 0 radical (unpaired) electrons. The summed E-state index contributed by atoms with van der Waals surface area (Å²) >= 11 is 0. The summed E-state index contributed by atoms with van der Waals surface area (Å²) in [6, 6.07) is 8.78. The fourth-order valence-electron chi connectivity index (χ4n) is 5.28. The van der Waals surface area contributed by atoms with E-state index in [1.807, 2.05) is 30.0 Å². The van der Waals surface area contributed by atoms with E-state index in [1.165, 1.54) is 6.07 Å². The number of rotatable bonds is 8. The molecule has 2 aromatic carbocycles. The van der Waals surface area contributed by atoms with Crippen molar-refractivity contribution in [3.8, 4) is 0 Å². The van der Waals surface area contributed by atoms with Crippen LogP contribution in [0.4, 0.5) is 35.9 Å². The second kappa shape index (κ2) is 12.6. The summed E-state index contributed by atoms with van der Waals surface area (Å²) in [4.78, 5) is 27.9. The minimum absolute atomic E-state index is 0.00453. The molecule has 0 aromatic heterocycles. The molecule has 214 valence electrons. The molecule has 40 heavy (non-hydrogen) atoms. The number of nitro benzene ring substituents is 1. The molecule has 2 N–H and O–H groups in total. The molecule has 0 unspecified atom stereocenters. The number of ether oxygens (including phenoxy) is 1. The molecular weight excluding hydrogens is 527 g/mol. The van der Waals surface area contributed by atoms with Gasteiger partial charge in [0.2, 0.25) is 5.91 Å². The van der Waals surface area contributed by atoms with Gasteiger partial charge in [-0.2, -0.15) is 13.2 Å². The number of alkyl halides is 3. The summed E-state index contributed by atoms with van der Waals surface area (Å²) in [6.45, 7) is 10.3. The number of amides is 1. The van der Waals surface area contributed by atoms with Crippen LogP contribution in [0.3, 0.4) is 0 Å². The maximum Gasteiger partial charge on any atom is 0.423 e. The molecule has 1 saturated heterocycles. The number of benzene rings is 2. The third kappa shape index (κ3) is 7.41. The average molecular weight is 560 g/mol. The Morgan fingerprint density at radius 3 is 2.23 bits per heavy atom. The van der Waals surface area contributed by atoms with E-state index in [-0.39, 0.29) is 36.4 Å². The lowest BCUT2D eigenvalue weighted by molar-refractivity contribution is -0.388. The summed E-state index contributed by atoms with van der Waals surface area (Å²) in [5.41, 5.74) is 0.477. The summed E-state index contributed by atoms with van der Waals surface area (Å²) in [5, 5.41) is 17.5. The van der Waals surface area contributed by atoms with E-state index in [4.69, 9.17) is 11.3 Å². The highest BCUT2D eigenvalue weighted by molar-refractivity contribution is 5.77. The van der Waals surface area contributed by atoms with Crippen LogP contribution < -0.4 is 10.6 Å². The van der Waals surface area contributed by atoms with Gasteiger partial charge in [0.1, 0.15) is 12.2 Å². The van der Waals surface area contributed by atoms with Gasteiger partial charge in [-0.3, -0.25) is 14.9 Å². The van der Waals surface area contributed by atoms with Crippen LogP contribution in [-0.2, 0) is 15.7 Å². The first kappa shape index (κ1) is 29.1. The van der Waals surface area contributed by atoms with E-state index in [0.29, 0.717) is 44.5 Å². The Bertz CT molecular complexity index is 1260. The molecule has 2 aliphatic rings. The fourth-order valence-corrected chi connectivity index (χ4v) is 5.28. The Balaban J connectivity index is 1.18. The molecule has 1 aliphatic carbocycles. The SMILES string of the molecule is [C-]#[N+]c1ccc(NC2CCN(C(=O)COC3CCC(Nc4ccc([N+](=O)[O-])c(C(F)(F)F)c4)CC3)CC2)cc1C. The van der Waals surface area contributed by atoms with Crippen LogP contribution >= 0.6 is 0 Å². The maximum atomic E-state index is 13.3. The second-order valence-electron chi connectivity index (χ2n) is 10.3. The molecule has 1 heterocycles. The summed E-state index contributed by atoms with van der Waals surface area (Å²) in [7, 11) is 0. The van der Waals surface area contributed by atoms with Gasteiger partial charge in [-0.05, 0) is 75.3 Å². The third-order valence-corrected chi connectivity index (χ3v) is 7.52. The maximum absolute atomic E-state index is 13.3. The summed E-state index contributed by atoms with van der Waals surface area (Å²) in [5.74, 6) is -0.0542. The first-order chi connectivity index (χ1) is 19.0. The molecule has 0 bridgehead atoms. The second-order valence-corrected chi connectivity index (χ2v) is 10.3. The van der Waals surface area contributed by atoms with Crippen molar-refractivity contribution in [1.82, 2.24) is 4.90 Å². The first-order valence-electron chi connectivity index (χ1n) is 13.3. The van der Waals surface area contributed by atoms with E-state index >= 15 is 0 Å². The van der Waals surface area contributed by atoms with Gasteiger partial charge in [0.05, 0.1) is 17.6 Å². The lowest BCUT2D eigenvalue weighted by Gasteiger charge is -2.34. The molecule has 12 heteroatoms. The Morgan fingerprint density at radius 2 is 1.65 bits per heavy atom. The van der Waals surface area contributed by atoms with E-state index in [1.54, 1.807) is 0 Å². The highest BCUT2D eigenvalue weighted by atomic mass is 19.4. The van der Waals surface area contributed by atoms with Gasteiger partial charge in [-0.1, -0.05) is 6.07 Å². The Labute approximate surface area is 230 Å². The molecule has 1 aliphatic heterocycles. The van der Waals surface area contributed by atoms with Gasteiger partial charge in [0, 0.05) is 42.6 Å².